The van der Waals surface area contributed by atoms with Crippen LogP contribution in [0, 0.1) is 10.1 Å². The van der Waals surface area contributed by atoms with Gasteiger partial charge in [0.25, 0.3) is 0 Å². The molecule has 0 spiro atoms. The zero-order valence-electron chi connectivity index (χ0n) is 10.7. The Morgan fingerprint density at radius 3 is 2.89 bits per heavy atom. The molecule has 6 heteroatoms. The fourth-order valence-corrected chi connectivity index (χ4v) is 2.55. The maximum atomic E-state index is 10.7. The van der Waals surface area contributed by atoms with Crippen molar-refractivity contribution in [1.29, 1.82) is 0 Å². The van der Waals surface area contributed by atoms with Crippen molar-refractivity contribution in [1.82, 2.24) is 5.32 Å². The van der Waals surface area contributed by atoms with Crippen molar-refractivity contribution in [2.45, 2.75) is 25.8 Å². The summed E-state index contributed by atoms with van der Waals surface area (Å²) in [5.41, 5.74) is 1.21. The highest BCUT2D eigenvalue weighted by atomic mass is 32.1. The lowest BCUT2D eigenvalue weighted by Gasteiger charge is -2.15. The first-order valence-corrected chi connectivity index (χ1v) is 7.13. The maximum absolute atomic E-state index is 10.7. The molecule has 1 N–H and O–H groups in total. The monoisotopic (exact) mass is 280 g/mol. The Hall–Kier alpha value is -1.66. The summed E-state index contributed by atoms with van der Waals surface area (Å²) in [5.74, 6) is 0.412. The van der Waals surface area contributed by atoms with Gasteiger partial charge in [-0.15, -0.1) is 0 Å². The number of nitrogens with one attached hydrogen (secondary N) is 1. The Balaban J connectivity index is 2.13. The van der Waals surface area contributed by atoms with Crippen molar-refractivity contribution in [3.8, 4) is 0 Å². The number of furan rings is 1. The van der Waals surface area contributed by atoms with Crippen LogP contribution in [0.2, 0.25) is 0 Å². The zero-order valence-corrected chi connectivity index (χ0v) is 11.5. The van der Waals surface area contributed by atoms with Crippen LogP contribution in [-0.2, 0) is 6.42 Å². The van der Waals surface area contributed by atoms with Crippen LogP contribution in [0.1, 0.15) is 30.7 Å². The van der Waals surface area contributed by atoms with Gasteiger partial charge in [-0.1, -0.05) is 6.92 Å². The van der Waals surface area contributed by atoms with Crippen LogP contribution < -0.4 is 5.32 Å². The largest absolute Gasteiger partial charge is 0.433 e. The quantitative estimate of drug-likeness (QED) is 0.622. The molecule has 2 rings (SSSR count). The normalized spacial score (nSPS) is 12.5. The van der Waals surface area contributed by atoms with Gasteiger partial charge in [0.15, 0.2) is 0 Å². The van der Waals surface area contributed by atoms with Gasteiger partial charge in [0.1, 0.15) is 10.7 Å². The van der Waals surface area contributed by atoms with E-state index in [-0.39, 0.29) is 11.9 Å². The molecule has 1 unspecified atom stereocenters. The van der Waals surface area contributed by atoms with Crippen molar-refractivity contribution in [2.75, 3.05) is 6.54 Å². The molecule has 0 aliphatic heterocycles. The van der Waals surface area contributed by atoms with Gasteiger partial charge in [0.2, 0.25) is 0 Å². The summed E-state index contributed by atoms with van der Waals surface area (Å²) in [6.45, 7) is 2.93. The number of rotatable bonds is 7. The van der Waals surface area contributed by atoms with Crippen LogP contribution >= 0.6 is 11.3 Å². The van der Waals surface area contributed by atoms with Gasteiger partial charge in [-0.2, -0.15) is 11.3 Å². The lowest BCUT2D eigenvalue weighted by molar-refractivity contribution is -0.402. The average molecular weight is 280 g/mol. The second-order valence-corrected chi connectivity index (χ2v) is 5.06. The minimum absolute atomic E-state index is 0.0248. The molecule has 2 aromatic rings. The van der Waals surface area contributed by atoms with E-state index in [0.29, 0.717) is 5.76 Å². The molecule has 0 bridgehead atoms. The van der Waals surface area contributed by atoms with Gasteiger partial charge in [0.05, 0.1) is 12.1 Å². The van der Waals surface area contributed by atoms with Gasteiger partial charge < -0.3 is 9.73 Å². The summed E-state index contributed by atoms with van der Waals surface area (Å²) >= 11 is 1.64. The highest BCUT2D eigenvalue weighted by Crippen LogP contribution is 2.25. The van der Waals surface area contributed by atoms with Crippen LogP contribution in [-0.4, -0.2) is 11.5 Å². The summed E-state index contributed by atoms with van der Waals surface area (Å²) in [6, 6.07) is 5.12. The third-order valence-corrected chi connectivity index (χ3v) is 3.53. The van der Waals surface area contributed by atoms with E-state index < -0.39 is 4.92 Å². The molecule has 102 valence electrons. The minimum atomic E-state index is -0.509. The number of thiophene rings is 1. The molecular weight excluding hydrogens is 264 g/mol. The molecular formula is C13H16N2O3S. The van der Waals surface area contributed by atoms with Crippen LogP contribution in [0.5, 0.6) is 0 Å². The predicted molar refractivity (Wildman–Crippen MR) is 74.4 cm³/mol. The van der Waals surface area contributed by atoms with E-state index in [1.54, 1.807) is 17.4 Å². The lowest BCUT2D eigenvalue weighted by atomic mass is 10.1. The molecule has 0 radical (unpaired) electrons. The number of nitro groups is 1. The number of nitrogens with zero attached hydrogens (tertiary/aromatic N) is 1. The average Bonchev–Trinajstić information content (AvgIpc) is 3.05. The summed E-state index contributed by atoms with van der Waals surface area (Å²) in [5, 5.41) is 18.1. The smallest absolute Gasteiger partial charge is 0.404 e. The molecule has 0 fully saturated rings. The molecule has 5 nitrogen and oxygen atoms in total. The highest BCUT2D eigenvalue weighted by molar-refractivity contribution is 7.07. The molecule has 2 aromatic heterocycles. The van der Waals surface area contributed by atoms with Crippen LogP contribution in [0.4, 0.5) is 5.88 Å². The first-order chi connectivity index (χ1) is 9.20. The molecule has 0 saturated carbocycles. The van der Waals surface area contributed by atoms with Crippen molar-refractivity contribution in [2.24, 2.45) is 0 Å². The van der Waals surface area contributed by atoms with E-state index in [2.05, 4.69) is 23.7 Å². The predicted octanol–water partition coefficient (Wildman–Crippen LogP) is 3.53. The Kier molecular flexibility index (Phi) is 4.70. The molecule has 1 atom stereocenters. The highest BCUT2D eigenvalue weighted by Gasteiger charge is 2.19. The van der Waals surface area contributed by atoms with E-state index in [0.717, 1.165) is 19.4 Å². The van der Waals surface area contributed by atoms with Crippen LogP contribution in [0.15, 0.2) is 33.4 Å². The number of hydrogen-bond donors (Lipinski definition) is 1. The summed E-state index contributed by atoms with van der Waals surface area (Å²) in [4.78, 5) is 10.2. The standard InChI is InChI=1S/C13H16N2O3S/c1-2-6-14-11(8-10-5-7-19-9-10)12-3-4-13(18-12)15(16)17/h3-5,7,9,11,14H,2,6,8H2,1H3. The van der Waals surface area contributed by atoms with E-state index in [9.17, 15) is 10.1 Å². The Labute approximate surface area is 115 Å². The minimum Gasteiger partial charge on any atom is -0.404 e. The fourth-order valence-electron chi connectivity index (χ4n) is 1.86. The van der Waals surface area contributed by atoms with Crippen molar-refractivity contribution < 1.29 is 9.34 Å². The van der Waals surface area contributed by atoms with Crippen LogP contribution in [0.3, 0.4) is 0 Å². The molecule has 2 heterocycles. The van der Waals surface area contributed by atoms with Gasteiger partial charge in [-0.25, -0.2) is 0 Å². The fraction of sp³-hybridized carbons (Fsp3) is 0.385. The molecule has 0 aromatic carbocycles. The zero-order chi connectivity index (χ0) is 13.7. The molecule has 19 heavy (non-hydrogen) atoms. The number of hydrogen-bond acceptors (Lipinski definition) is 5. The third-order valence-electron chi connectivity index (χ3n) is 2.80. The lowest BCUT2D eigenvalue weighted by Crippen LogP contribution is -2.23. The van der Waals surface area contributed by atoms with E-state index in [1.165, 1.54) is 11.6 Å². The summed E-state index contributed by atoms with van der Waals surface area (Å²) in [6.07, 6.45) is 1.77. The summed E-state index contributed by atoms with van der Waals surface area (Å²) in [7, 11) is 0. The third kappa shape index (κ3) is 3.65. The Morgan fingerprint density at radius 1 is 1.47 bits per heavy atom. The molecule has 0 saturated heterocycles. The van der Waals surface area contributed by atoms with E-state index >= 15 is 0 Å². The van der Waals surface area contributed by atoms with Crippen LogP contribution in [0.25, 0.3) is 0 Å². The van der Waals surface area contributed by atoms with Crippen molar-refractivity contribution in [3.05, 3.63) is 50.4 Å². The Morgan fingerprint density at radius 2 is 2.32 bits per heavy atom. The topological polar surface area (TPSA) is 68.3 Å². The molecule has 0 aliphatic carbocycles. The first kappa shape index (κ1) is 13.8. The second kappa shape index (κ2) is 6.49. The molecule has 0 amide bonds. The Bertz CT molecular complexity index is 522. The SMILES string of the molecule is CCCNC(Cc1ccsc1)c1ccc([N+](=O)[O-])o1. The molecule has 0 aliphatic rings. The van der Waals surface area contributed by atoms with E-state index in [1.807, 2.05) is 5.38 Å². The summed E-state index contributed by atoms with van der Waals surface area (Å²) < 4.78 is 5.29. The van der Waals surface area contributed by atoms with Crippen molar-refractivity contribution in [3.63, 3.8) is 0 Å². The van der Waals surface area contributed by atoms with Crippen molar-refractivity contribution >= 4 is 17.2 Å². The first-order valence-electron chi connectivity index (χ1n) is 6.19. The van der Waals surface area contributed by atoms with Gasteiger partial charge in [-0.05, 0) is 47.8 Å². The maximum Gasteiger partial charge on any atom is 0.433 e. The van der Waals surface area contributed by atoms with Gasteiger partial charge >= 0.3 is 5.88 Å². The van der Waals surface area contributed by atoms with Gasteiger partial charge in [0, 0.05) is 0 Å². The second-order valence-electron chi connectivity index (χ2n) is 4.28. The van der Waals surface area contributed by atoms with Gasteiger partial charge in [-0.3, -0.25) is 10.1 Å². The van der Waals surface area contributed by atoms with E-state index in [4.69, 9.17) is 4.42 Å².